The van der Waals surface area contributed by atoms with E-state index in [2.05, 4.69) is 0 Å². The molecule has 0 radical (unpaired) electrons. The molecule has 1 nitrogen and oxygen atoms in total. The molecule has 0 spiro atoms. The highest BCUT2D eigenvalue weighted by molar-refractivity contribution is 5.21. The van der Waals surface area contributed by atoms with Crippen molar-refractivity contribution in [3.05, 3.63) is 0 Å². The van der Waals surface area contributed by atoms with Gasteiger partial charge in [0.2, 0.25) is 0 Å². The Morgan fingerprint density at radius 1 is 1.00 bits per heavy atom. The predicted octanol–water partition coefficient (Wildman–Crippen LogP) is 3.19. The first-order valence-electron chi connectivity index (χ1n) is 4.79. The Bertz CT molecular complexity index is 316. The highest BCUT2D eigenvalue weighted by Crippen LogP contribution is 2.73. The van der Waals surface area contributed by atoms with E-state index in [4.69, 9.17) is 5.73 Å². The van der Waals surface area contributed by atoms with Crippen molar-refractivity contribution in [1.29, 1.82) is 0 Å². The molecule has 1 saturated carbocycles. The topological polar surface area (TPSA) is 26.0 Å². The van der Waals surface area contributed by atoms with Crippen LogP contribution >= 0.6 is 0 Å². The molecule has 1 rings (SSSR count). The zero-order valence-corrected chi connectivity index (χ0v) is 9.14. The second-order valence-electron chi connectivity index (χ2n) is 4.99. The lowest BCUT2D eigenvalue weighted by atomic mass is 9.85. The average molecular weight is 267 g/mol. The maximum Gasteiger partial charge on any atom is 0.459 e. The van der Waals surface area contributed by atoms with Crippen LogP contribution in [0.25, 0.3) is 0 Å². The van der Waals surface area contributed by atoms with Crippen LogP contribution in [0.1, 0.15) is 20.3 Å². The fourth-order valence-electron chi connectivity index (χ4n) is 2.20. The highest BCUT2D eigenvalue weighted by Gasteiger charge is 2.86. The maximum absolute atomic E-state index is 13.5. The van der Waals surface area contributed by atoms with Crippen LogP contribution in [0, 0.1) is 10.8 Å². The predicted molar refractivity (Wildman–Crippen MR) is 45.8 cm³/mol. The van der Waals surface area contributed by atoms with Crippen LogP contribution in [0.4, 0.5) is 30.7 Å². The largest absolute Gasteiger partial charge is 0.459 e. The van der Waals surface area contributed by atoms with Crippen LogP contribution in [0.2, 0.25) is 0 Å². The Morgan fingerprint density at radius 3 is 1.53 bits per heavy atom. The lowest BCUT2D eigenvalue weighted by Gasteiger charge is -2.35. The van der Waals surface area contributed by atoms with Crippen molar-refractivity contribution in [2.75, 3.05) is 6.54 Å². The van der Waals surface area contributed by atoms with Gasteiger partial charge >= 0.3 is 18.0 Å². The minimum atomic E-state index is -6.29. The second kappa shape index (κ2) is 3.27. The van der Waals surface area contributed by atoms with Gasteiger partial charge in [0.05, 0.1) is 5.41 Å². The Morgan fingerprint density at radius 2 is 1.35 bits per heavy atom. The summed E-state index contributed by atoms with van der Waals surface area (Å²) >= 11 is 0. The molecule has 0 aromatic carbocycles. The summed E-state index contributed by atoms with van der Waals surface area (Å²) in [5.74, 6) is -11.3. The minimum absolute atomic E-state index is 0.463. The molecule has 0 bridgehead atoms. The molecule has 0 heterocycles. The van der Waals surface area contributed by atoms with Gasteiger partial charge in [0.25, 0.3) is 0 Å². The molecule has 102 valence electrons. The van der Waals surface area contributed by atoms with Crippen LogP contribution in [0.3, 0.4) is 0 Å². The first-order chi connectivity index (χ1) is 7.27. The number of rotatable bonds is 3. The summed E-state index contributed by atoms with van der Waals surface area (Å²) < 4.78 is 88.7. The maximum atomic E-state index is 13.5. The first-order valence-corrected chi connectivity index (χ1v) is 4.79. The van der Waals surface area contributed by atoms with Crippen molar-refractivity contribution in [3.8, 4) is 0 Å². The van der Waals surface area contributed by atoms with Crippen LogP contribution in [0.5, 0.6) is 0 Å². The van der Waals surface area contributed by atoms with E-state index in [-0.39, 0.29) is 0 Å². The van der Waals surface area contributed by atoms with E-state index in [0.29, 0.717) is 0 Å². The fourth-order valence-corrected chi connectivity index (χ4v) is 2.20. The summed E-state index contributed by atoms with van der Waals surface area (Å²) in [6, 6.07) is 0. The van der Waals surface area contributed by atoms with Gasteiger partial charge in [0.15, 0.2) is 0 Å². The van der Waals surface area contributed by atoms with E-state index in [0.717, 1.165) is 0 Å². The van der Waals surface area contributed by atoms with Gasteiger partial charge in [-0.05, 0) is 11.8 Å². The molecule has 1 atom stereocenters. The molecule has 0 amide bonds. The first kappa shape index (κ1) is 14.5. The van der Waals surface area contributed by atoms with E-state index < -0.39 is 41.8 Å². The van der Waals surface area contributed by atoms with Crippen LogP contribution in [-0.2, 0) is 0 Å². The molecule has 8 heteroatoms. The van der Waals surface area contributed by atoms with E-state index in [1.54, 1.807) is 0 Å². The van der Waals surface area contributed by atoms with Crippen LogP contribution in [-0.4, -0.2) is 24.6 Å². The van der Waals surface area contributed by atoms with Gasteiger partial charge in [-0.3, -0.25) is 0 Å². The normalized spacial score (nSPS) is 29.3. The van der Waals surface area contributed by atoms with Gasteiger partial charge in [0, 0.05) is 6.54 Å². The molecule has 1 unspecified atom stereocenters. The molecule has 0 aliphatic heterocycles. The molecular formula is C9H12F7N. The van der Waals surface area contributed by atoms with Gasteiger partial charge < -0.3 is 5.73 Å². The fraction of sp³-hybridized carbons (Fsp3) is 1.00. The lowest BCUT2D eigenvalue weighted by Crippen LogP contribution is -2.59. The van der Waals surface area contributed by atoms with Crippen molar-refractivity contribution in [2.24, 2.45) is 16.6 Å². The molecule has 0 aromatic rings. The van der Waals surface area contributed by atoms with Gasteiger partial charge in [-0.1, -0.05) is 13.8 Å². The van der Waals surface area contributed by atoms with Crippen molar-refractivity contribution in [2.45, 2.75) is 38.3 Å². The third kappa shape index (κ3) is 1.56. The standard InChI is InChI=1S/C9H12F7N/c1-5(2)3-6(5,4-17)7(10,11)8(12,13)9(14,15)16/h3-4,17H2,1-2H3. The van der Waals surface area contributed by atoms with E-state index in [9.17, 15) is 30.7 Å². The Hall–Kier alpha value is -0.530. The third-order valence-electron chi connectivity index (χ3n) is 3.61. The monoisotopic (exact) mass is 267 g/mol. The number of hydrogen-bond donors (Lipinski definition) is 1. The molecular weight excluding hydrogens is 255 g/mol. The molecule has 17 heavy (non-hydrogen) atoms. The van der Waals surface area contributed by atoms with E-state index in [1.165, 1.54) is 13.8 Å². The zero-order chi connectivity index (χ0) is 13.9. The summed E-state index contributed by atoms with van der Waals surface area (Å²) in [6.45, 7) is 1.47. The minimum Gasteiger partial charge on any atom is -0.330 e. The summed E-state index contributed by atoms with van der Waals surface area (Å²) in [5, 5.41) is 0. The quantitative estimate of drug-likeness (QED) is 0.781. The molecule has 1 fully saturated rings. The SMILES string of the molecule is CC1(C)CC1(CN)C(F)(F)C(F)(F)C(F)(F)F. The van der Waals surface area contributed by atoms with Crippen LogP contribution < -0.4 is 5.73 Å². The molecule has 0 saturated heterocycles. The second-order valence-corrected chi connectivity index (χ2v) is 4.99. The van der Waals surface area contributed by atoms with E-state index in [1.807, 2.05) is 0 Å². The number of hydrogen-bond acceptors (Lipinski definition) is 1. The molecule has 2 N–H and O–H groups in total. The van der Waals surface area contributed by atoms with Gasteiger partial charge in [-0.2, -0.15) is 30.7 Å². The Balaban J connectivity index is 3.21. The van der Waals surface area contributed by atoms with Gasteiger partial charge in [-0.15, -0.1) is 0 Å². The smallest absolute Gasteiger partial charge is 0.330 e. The highest BCUT2D eigenvalue weighted by atomic mass is 19.4. The van der Waals surface area contributed by atoms with Crippen LogP contribution in [0.15, 0.2) is 0 Å². The van der Waals surface area contributed by atoms with Crippen molar-refractivity contribution >= 4 is 0 Å². The number of alkyl halides is 7. The van der Waals surface area contributed by atoms with Crippen molar-refractivity contribution in [1.82, 2.24) is 0 Å². The van der Waals surface area contributed by atoms with Gasteiger partial charge in [0.1, 0.15) is 0 Å². The van der Waals surface area contributed by atoms with Gasteiger partial charge in [-0.25, -0.2) is 0 Å². The third-order valence-corrected chi connectivity index (χ3v) is 3.61. The molecule has 1 aliphatic rings. The van der Waals surface area contributed by atoms with E-state index >= 15 is 0 Å². The Kier molecular flexibility index (Phi) is 2.80. The Labute approximate surface area is 93.2 Å². The number of halogens is 7. The summed E-state index contributed by atoms with van der Waals surface area (Å²) in [7, 11) is 0. The average Bonchev–Trinajstić information content (AvgIpc) is 2.68. The molecule has 0 aromatic heterocycles. The number of nitrogens with two attached hydrogens (primary N) is 1. The summed E-state index contributed by atoms with van der Waals surface area (Å²) in [4.78, 5) is 0. The summed E-state index contributed by atoms with van der Waals surface area (Å²) in [5.41, 5.74) is 1.16. The van der Waals surface area contributed by atoms with Crippen molar-refractivity contribution < 1.29 is 30.7 Å². The lowest BCUT2D eigenvalue weighted by molar-refractivity contribution is -0.371. The zero-order valence-electron chi connectivity index (χ0n) is 9.14. The van der Waals surface area contributed by atoms with Crippen molar-refractivity contribution in [3.63, 3.8) is 0 Å². The molecule has 1 aliphatic carbocycles. The summed E-state index contributed by atoms with van der Waals surface area (Å²) in [6.07, 6.45) is -6.76.